The molecule has 2 aromatic rings. The van der Waals surface area contributed by atoms with Gasteiger partial charge < -0.3 is 20.8 Å². The van der Waals surface area contributed by atoms with Gasteiger partial charge in [0.1, 0.15) is 5.75 Å². The molecule has 10 heteroatoms. The molecule has 2 fully saturated rings. The second-order valence-corrected chi connectivity index (χ2v) is 11.7. The van der Waals surface area contributed by atoms with Crippen LogP contribution in [0.1, 0.15) is 27.9 Å². The Balaban J connectivity index is 1.69. The summed E-state index contributed by atoms with van der Waals surface area (Å²) in [6.07, 6.45) is 0.220. The molecule has 3 aliphatic carbocycles. The number of likely N-dealkylation sites (N-methyl/N-ethyl adjacent to an activating group) is 1. The monoisotopic (exact) mass is 547 g/mol. The second-order valence-electron chi connectivity index (χ2n) is 11.7. The number of fused-ring (bicyclic) bond motifs is 3. The molecule has 0 spiro atoms. The first-order valence-electron chi connectivity index (χ1n) is 13.2. The van der Waals surface area contributed by atoms with Gasteiger partial charge in [-0.15, -0.1) is 0 Å². The Labute approximate surface area is 231 Å². The lowest BCUT2D eigenvalue weighted by Gasteiger charge is -2.52. The van der Waals surface area contributed by atoms with Crippen LogP contribution in [-0.2, 0) is 25.6 Å². The van der Waals surface area contributed by atoms with E-state index >= 15 is 0 Å². The van der Waals surface area contributed by atoms with E-state index in [4.69, 9.17) is 5.73 Å². The van der Waals surface area contributed by atoms with Gasteiger partial charge in [0, 0.05) is 31.3 Å². The summed E-state index contributed by atoms with van der Waals surface area (Å²) in [5.74, 6) is -10.5. The zero-order valence-corrected chi connectivity index (χ0v) is 23.1. The third-order valence-corrected chi connectivity index (χ3v) is 8.85. The standard InChI is InChI=1S/C30H33N3O7/c1-13-7-6-8-14(9-13)16-12-19(32(2)3)17-10-15-11-18-23(33(4)5)26(36)22(29(31)39)28(38)30(18,40)27(37)20(15)25(35)21(17)24(16)34/h6-9,12,15,18,20,22-23,34,40H,10-11H2,1-5H3,(H2,31,39). The van der Waals surface area contributed by atoms with E-state index in [9.17, 15) is 34.2 Å². The molecular weight excluding hydrogens is 514 g/mol. The fourth-order valence-electron chi connectivity index (χ4n) is 7.08. The van der Waals surface area contributed by atoms with Crippen molar-refractivity contribution in [3.05, 3.63) is 47.0 Å². The number of ketones is 4. The molecule has 6 atom stereocenters. The molecule has 5 rings (SSSR count). The van der Waals surface area contributed by atoms with Crippen LogP contribution in [0.4, 0.5) is 5.69 Å². The Morgan fingerprint density at radius 3 is 2.30 bits per heavy atom. The van der Waals surface area contributed by atoms with Gasteiger partial charge in [0.25, 0.3) is 0 Å². The number of Topliss-reactive ketones (excluding diaryl/α,β-unsaturated/α-hetero) is 4. The Morgan fingerprint density at radius 2 is 1.73 bits per heavy atom. The Hall–Kier alpha value is -3.89. The van der Waals surface area contributed by atoms with Gasteiger partial charge in [0.2, 0.25) is 5.91 Å². The highest BCUT2D eigenvalue weighted by atomic mass is 16.3. The number of aromatic hydroxyl groups is 1. The number of aryl methyl sites for hydroxylation is 1. The van der Waals surface area contributed by atoms with Crippen LogP contribution >= 0.6 is 0 Å². The number of carbonyl (C=O) groups is 5. The maximum absolute atomic E-state index is 14.1. The van der Waals surface area contributed by atoms with E-state index < -0.39 is 64.4 Å². The van der Waals surface area contributed by atoms with Gasteiger partial charge in [-0.3, -0.25) is 28.9 Å². The molecule has 0 bridgehead atoms. The molecule has 2 aromatic carbocycles. The summed E-state index contributed by atoms with van der Waals surface area (Å²) in [5.41, 5.74) is 5.93. The number of primary amides is 1. The lowest BCUT2D eigenvalue weighted by molar-refractivity contribution is -0.181. The van der Waals surface area contributed by atoms with Crippen molar-refractivity contribution in [2.75, 3.05) is 33.1 Å². The third-order valence-electron chi connectivity index (χ3n) is 8.85. The van der Waals surface area contributed by atoms with Crippen LogP contribution in [-0.4, -0.2) is 84.0 Å². The highest BCUT2D eigenvalue weighted by Gasteiger charge is 2.69. The first-order chi connectivity index (χ1) is 18.7. The molecule has 4 N–H and O–H groups in total. The number of benzene rings is 2. The summed E-state index contributed by atoms with van der Waals surface area (Å²) >= 11 is 0. The molecule has 0 aromatic heterocycles. The topological polar surface area (TPSA) is 158 Å². The van der Waals surface area contributed by atoms with Crippen LogP contribution in [0.15, 0.2) is 30.3 Å². The van der Waals surface area contributed by atoms with E-state index in [0.29, 0.717) is 22.4 Å². The summed E-state index contributed by atoms with van der Waals surface area (Å²) in [4.78, 5) is 70.3. The van der Waals surface area contributed by atoms with E-state index in [1.807, 2.05) is 56.3 Å². The number of anilines is 1. The average Bonchev–Trinajstić information content (AvgIpc) is 2.85. The number of aliphatic hydroxyl groups is 1. The molecule has 2 saturated carbocycles. The number of hydrogen-bond donors (Lipinski definition) is 3. The number of phenols is 1. The van der Waals surface area contributed by atoms with Crippen LogP contribution in [0.25, 0.3) is 11.1 Å². The van der Waals surface area contributed by atoms with Gasteiger partial charge in [0.15, 0.2) is 34.7 Å². The van der Waals surface area contributed by atoms with Crippen LogP contribution in [0.2, 0.25) is 0 Å². The maximum Gasteiger partial charge on any atom is 0.235 e. The maximum atomic E-state index is 14.1. The van der Waals surface area contributed by atoms with Crippen molar-refractivity contribution in [2.24, 2.45) is 29.4 Å². The van der Waals surface area contributed by atoms with Crippen molar-refractivity contribution >= 4 is 34.7 Å². The van der Waals surface area contributed by atoms with Crippen LogP contribution in [0.5, 0.6) is 5.75 Å². The van der Waals surface area contributed by atoms with Crippen LogP contribution in [0.3, 0.4) is 0 Å². The minimum Gasteiger partial charge on any atom is -0.507 e. The van der Waals surface area contributed by atoms with E-state index in [2.05, 4.69) is 0 Å². The van der Waals surface area contributed by atoms with E-state index in [1.54, 1.807) is 14.1 Å². The van der Waals surface area contributed by atoms with Crippen molar-refractivity contribution in [2.45, 2.75) is 31.4 Å². The number of phenolic OH excluding ortho intramolecular Hbond substituents is 1. The number of hydrogen-bond acceptors (Lipinski definition) is 9. The highest BCUT2D eigenvalue weighted by Crippen LogP contribution is 2.53. The van der Waals surface area contributed by atoms with Gasteiger partial charge >= 0.3 is 0 Å². The summed E-state index contributed by atoms with van der Waals surface area (Å²) in [7, 11) is 6.75. The Morgan fingerprint density at radius 1 is 1.05 bits per heavy atom. The highest BCUT2D eigenvalue weighted by molar-refractivity contribution is 6.32. The lowest BCUT2D eigenvalue weighted by atomic mass is 9.52. The third kappa shape index (κ3) is 3.73. The number of nitrogens with zero attached hydrogens (tertiary/aromatic N) is 2. The molecule has 0 heterocycles. The molecule has 1 amide bonds. The minimum absolute atomic E-state index is 0.0111. The van der Waals surface area contributed by atoms with Crippen LogP contribution in [0, 0.1) is 30.6 Å². The number of rotatable bonds is 4. The fourth-order valence-corrected chi connectivity index (χ4v) is 7.08. The molecule has 40 heavy (non-hydrogen) atoms. The molecule has 0 saturated heterocycles. The van der Waals surface area contributed by atoms with Crippen molar-refractivity contribution in [3.63, 3.8) is 0 Å². The average molecular weight is 548 g/mol. The Bertz CT molecular complexity index is 1500. The van der Waals surface area contributed by atoms with Crippen LogP contribution < -0.4 is 10.6 Å². The summed E-state index contributed by atoms with van der Waals surface area (Å²) in [6, 6.07) is 8.11. The second kappa shape index (κ2) is 9.35. The lowest BCUT2D eigenvalue weighted by Crippen LogP contribution is -2.74. The predicted molar refractivity (Wildman–Crippen MR) is 146 cm³/mol. The van der Waals surface area contributed by atoms with Gasteiger partial charge in [0.05, 0.1) is 17.5 Å². The van der Waals surface area contributed by atoms with Crippen molar-refractivity contribution < 1.29 is 34.2 Å². The van der Waals surface area contributed by atoms with Crippen molar-refractivity contribution in [1.82, 2.24) is 4.90 Å². The van der Waals surface area contributed by atoms with E-state index in [0.717, 1.165) is 5.56 Å². The smallest absolute Gasteiger partial charge is 0.235 e. The number of amides is 1. The molecule has 6 unspecified atom stereocenters. The molecule has 0 aliphatic heterocycles. The minimum atomic E-state index is -2.75. The molecule has 3 aliphatic rings. The summed E-state index contributed by atoms with van der Waals surface area (Å²) < 4.78 is 0. The summed E-state index contributed by atoms with van der Waals surface area (Å²) in [5, 5.41) is 23.2. The molecule has 0 radical (unpaired) electrons. The number of carbonyl (C=O) groups excluding carboxylic acids is 5. The van der Waals surface area contributed by atoms with Crippen molar-refractivity contribution in [3.8, 4) is 16.9 Å². The quantitative estimate of drug-likeness (QED) is 0.473. The zero-order valence-electron chi connectivity index (χ0n) is 23.1. The van der Waals surface area contributed by atoms with Crippen molar-refractivity contribution in [1.29, 1.82) is 0 Å². The molecular formula is C30H33N3O7. The number of nitrogens with two attached hydrogens (primary N) is 1. The molecule has 210 valence electrons. The normalized spacial score (nSPS) is 29.6. The van der Waals surface area contributed by atoms with Gasteiger partial charge in [-0.05, 0) is 57.0 Å². The predicted octanol–water partition coefficient (Wildman–Crippen LogP) is 0.908. The first kappa shape index (κ1) is 27.7. The summed E-state index contributed by atoms with van der Waals surface area (Å²) in [6.45, 7) is 1.91. The van der Waals surface area contributed by atoms with E-state index in [1.165, 1.54) is 4.90 Å². The van der Waals surface area contributed by atoms with Gasteiger partial charge in [-0.25, -0.2) is 0 Å². The molecule has 10 nitrogen and oxygen atoms in total. The SMILES string of the molecule is Cc1cccc(-c2cc(N(C)C)c3c(c2O)C(=O)C2C(=O)C4(O)C(=O)C(C(N)=O)C(=O)C(N(C)C)C4CC2C3)c1. The zero-order chi connectivity index (χ0) is 29.4. The Kier molecular flexibility index (Phi) is 6.47. The van der Waals surface area contributed by atoms with Gasteiger partial charge in [-0.1, -0.05) is 29.8 Å². The van der Waals surface area contributed by atoms with Gasteiger partial charge in [-0.2, -0.15) is 0 Å². The van der Waals surface area contributed by atoms with E-state index in [-0.39, 0.29) is 24.2 Å². The largest absolute Gasteiger partial charge is 0.507 e. The first-order valence-corrected chi connectivity index (χ1v) is 13.2. The fraction of sp³-hybridized carbons (Fsp3) is 0.433.